The summed E-state index contributed by atoms with van der Waals surface area (Å²) >= 11 is 0. The smallest absolute Gasteiger partial charge is 0.224 e. The highest BCUT2D eigenvalue weighted by molar-refractivity contribution is 5.85. The number of hydrogen-bond acceptors (Lipinski definition) is 6. The lowest BCUT2D eigenvalue weighted by Gasteiger charge is -2.33. The number of nitrogens with zero attached hydrogens (tertiary/aromatic N) is 6. The summed E-state index contributed by atoms with van der Waals surface area (Å²) in [5, 5.41) is 3.21. The molecule has 1 atom stereocenters. The van der Waals surface area contributed by atoms with Crippen molar-refractivity contribution < 1.29 is 4.79 Å². The summed E-state index contributed by atoms with van der Waals surface area (Å²) in [4.78, 5) is 31.9. The Balaban J connectivity index is 1.18. The number of aromatic nitrogens is 4. The highest BCUT2D eigenvalue weighted by Gasteiger charge is 2.29. The first kappa shape index (κ1) is 24.5. The van der Waals surface area contributed by atoms with Gasteiger partial charge in [0.2, 0.25) is 5.91 Å². The number of piperidine rings is 1. The summed E-state index contributed by atoms with van der Waals surface area (Å²) in [6.07, 6.45) is 9.08. The Bertz CT molecular complexity index is 1190. The number of benzene rings is 1. The van der Waals surface area contributed by atoms with E-state index in [-0.39, 0.29) is 11.8 Å². The van der Waals surface area contributed by atoms with Crippen LogP contribution in [0.15, 0.2) is 30.6 Å². The molecule has 1 amide bonds. The molecule has 0 bridgehead atoms. The second-order valence-corrected chi connectivity index (χ2v) is 10.2. The minimum absolute atomic E-state index is 0.0248. The van der Waals surface area contributed by atoms with E-state index in [1.54, 1.807) is 6.33 Å². The molecule has 1 fully saturated rings. The van der Waals surface area contributed by atoms with Crippen molar-refractivity contribution in [3.05, 3.63) is 42.0 Å². The molecule has 1 N–H and O–H groups in total. The highest BCUT2D eigenvalue weighted by Crippen LogP contribution is 2.29. The zero-order chi connectivity index (χ0) is 24.9. The summed E-state index contributed by atoms with van der Waals surface area (Å²) in [7, 11) is 0. The summed E-state index contributed by atoms with van der Waals surface area (Å²) in [5.74, 6) is 2.14. The number of aryl methyl sites for hydroxylation is 3. The summed E-state index contributed by atoms with van der Waals surface area (Å²) in [6.45, 7) is 9.46. The van der Waals surface area contributed by atoms with Gasteiger partial charge in [-0.1, -0.05) is 18.6 Å². The number of carbonyl (C=O) groups is 1. The monoisotopic (exact) mass is 489 g/mol. The Morgan fingerprint density at radius 1 is 1.17 bits per heavy atom. The minimum atomic E-state index is -0.0248. The van der Waals surface area contributed by atoms with Crippen LogP contribution in [0.2, 0.25) is 0 Å². The van der Waals surface area contributed by atoms with E-state index in [2.05, 4.69) is 67.8 Å². The predicted molar refractivity (Wildman–Crippen MR) is 145 cm³/mol. The molecule has 4 heterocycles. The molecule has 2 aromatic heterocycles. The van der Waals surface area contributed by atoms with E-state index in [0.29, 0.717) is 13.1 Å². The van der Waals surface area contributed by atoms with Gasteiger partial charge in [-0.15, -0.1) is 0 Å². The zero-order valence-electron chi connectivity index (χ0n) is 21.7. The van der Waals surface area contributed by atoms with Gasteiger partial charge in [0.1, 0.15) is 12.2 Å². The van der Waals surface area contributed by atoms with Gasteiger partial charge in [0, 0.05) is 51.4 Å². The van der Waals surface area contributed by atoms with Crippen molar-refractivity contribution in [1.29, 1.82) is 0 Å². The summed E-state index contributed by atoms with van der Waals surface area (Å²) < 4.78 is 2.28. The van der Waals surface area contributed by atoms with Gasteiger partial charge in [0.25, 0.3) is 0 Å². The quantitative estimate of drug-likeness (QED) is 0.480. The van der Waals surface area contributed by atoms with Crippen LogP contribution >= 0.6 is 0 Å². The van der Waals surface area contributed by atoms with Gasteiger partial charge in [-0.05, 0) is 63.6 Å². The van der Waals surface area contributed by atoms with E-state index in [1.807, 2.05) is 0 Å². The standard InChI is InChI=1S/C28H39N7O/c1-3-33(23-12-7-10-21(2)18-23)16-9-14-29-28(36)22-11-8-15-34(19-22)26-25-27(31-20-30-26)35-17-6-4-5-13-24(35)32-25/h7,10,12,18,20,22H,3-6,8-9,11,13-17,19H2,1-2H3,(H,29,36). The Morgan fingerprint density at radius 2 is 2.08 bits per heavy atom. The Kier molecular flexibility index (Phi) is 7.68. The molecule has 3 aromatic rings. The van der Waals surface area contributed by atoms with Crippen molar-refractivity contribution in [3.8, 4) is 0 Å². The Morgan fingerprint density at radius 3 is 2.94 bits per heavy atom. The van der Waals surface area contributed by atoms with Crippen LogP contribution in [0.5, 0.6) is 0 Å². The normalized spacial score (nSPS) is 18.1. The third-order valence-corrected chi connectivity index (χ3v) is 7.62. The minimum Gasteiger partial charge on any atom is -0.372 e. The average molecular weight is 490 g/mol. The molecule has 0 spiro atoms. The fourth-order valence-electron chi connectivity index (χ4n) is 5.66. The van der Waals surface area contributed by atoms with Crippen LogP contribution in [0, 0.1) is 12.8 Å². The van der Waals surface area contributed by atoms with Gasteiger partial charge in [0.05, 0.1) is 5.92 Å². The van der Waals surface area contributed by atoms with Crippen molar-refractivity contribution in [2.75, 3.05) is 42.5 Å². The molecule has 8 nitrogen and oxygen atoms in total. The van der Waals surface area contributed by atoms with Crippen molar-refractivity contribution in [1.82, 2.24) is 24.8 Å². The number of carbonyl (C=O) groups excluding carboxylic acids is 1. The maximum absolute atomic E-state index is 13.1. The van der Waals surface area contributed by atoms with E-state index in [4.69, 9.17) is 4.98 Å². The predicted octanol–water partition coefficient (Wildman–Crippen LogP) is 4.11. The number of fused-ring (bicyclic) bond motifs is 3. The molecule has 1 unspecified atom stereocenters. The van der Waals surface area contributed by atoms with Crippen LogP contribution < -0.4 is 15.1 Å². The molecular formula is C28H39N7O. The van der Waals surface area contributed by atoms with E-state index in [0.717, 1.165) is 74.7 Å². The summed E-state index contributed by atoms with van der Waals surface area (Å²) in [6, 6.07) is 8.62. The fourth-order valence-corrected chi connectivity index (χ4v) is 5.66. The first-order valence-corrected chi connectivity index (χ1v) is 13.7. The van der Waals surface area contributed by atoms with Crippen molar-refractivity contribution in [2.24, 2.45) is 5.92 Å². The van der Waals surface area contributed by atoms with Gasteiger partial charge in [-0.25, -0.2) is 15.0 Å². The van der Waals surface area contributed by atoms with Gasteiger partial charge in [-0.3, -0.25) is 4.79 Å². The number of amides is 1. The number of anilines is 2. The maximum Gasteiger partial charge on any atom is 0.224 e. The van der Waals surface area contributed by atoms with E-state index >= 15 is 0 Å². The van der Waals surface area contributed by atoms with Crippen LogP contribution in [0.25, 0.3) is 11.2 Å². The second-order valence-electron chi connectivity index (χ2n) is 10.2. The molecule has 2 aliphatic heterocycles. The van der Waals surface area contributed by atoms with Crippen molar-refractivity contribution >= 4 is 28.6 Å². The van der Waals surface area contributed by atoms with Crippen molar-refractivity contribution in [2.45, 2.75) is 65.3 Å². The Labute approximate surface area is 214 Å². The number of hydrogen-bond donors (Lipinski definition) is 1. The first-order valence-electron chi connectivity index (χ1n) is 13.7. The lowest BCUT2D eigenvalue weighted by atomic mass is 9.97. The molecular weight excluding hydrogens is 450 g/mol. The number of rotatable bonds is 8. The molecule has 8 heteroatoms. The molecule has 2 aliphatic rings. The fraction of sp³-hybridized carbons (Fsp3) is 0.571. The lowest BCUT2D eigenvalue weighted by molar-refractivity contribution is -0.125. The maximum atomic E-state index is 13.1. The molecule has 1 aromatic carbocycles. The number of nitrogens with one attached hydrogen (secondary N) is 1. The van der Waals surface area contributed by atoms with Gasteiger partial charge >= 0.3 is 0 Å². The summed E-state index contributed by atoms with van der Waals surface area (Å²) in [5.41, 5.74) is 4.36. The topological polar surface area (TPSA) is 79.2 Å². The third kappa shape index (κ3) is 5.32. The van der Waals surface area contributed by atoms with Crippen LogP contribution in [0.1, 0.15) is 56.8 Å². The van der Waals surface area contributed by atoms with E-state index in [1.165, 1.54) is 30.5 Å². The number of imidazole rings is 1. The molecule has 0 radical (unpaired) electrons. The van der Waals surface area contributed by atoms with Gasteiger partial charge < -0.3 is 19.7 Å². The third-order valence-electron chi connectivity index (χ3n) is 7.62. The molecule has 0 saturated carbocycles. The SMILES string of the molecule is CCN(CCCNC(=O)C1CCCN(c2ncnc3c2nc2n3CCCCC2)C1)c1cccc(C)c1. The van der Waals surface area contributed by atoms with Gasteiger partial charge in [-0.2, -0.15) is 0 Å². The lowest BCUT2D eigenvalue weighted by Crippen LogP contribution is -2.44. The molecule has 0 aliphatic carbocycles. The molecule has 5 rings (SSSR count). The van der Waals surface area contributed by atoms with Gasteiger partial charge in [0.15, 0.2) is 17.0 Å². The highest BCUT2D eigenvalue weighted by atomic mass is 16.1. The molecule has 36 heavy (non-hydrogen) atoms. The van der Waals surface area contributed by atoms with Crippen molar-refractivity contribution in [3.63, 3.8) is 0 Å². The zero-order valence-corrected chi connectivity index (χ0v) is 21.7. The molecule has 1 saturated heterocycles. The average Bonchev–Trinajstić information content (AvgIpc) is 3.09. The van der Waals surface area contributed by atoms with Crippen LogP contribution in [-0.4, -0.2) is 58.1 Å². The first-order chi connectivity index (χ1) is 17.6. The van der Waals surface area contributed by atoms with E-state index in [9.17, 15) is 4.79 Å². The second kappa shape index (κ2) is 11.3. The van der Waals surface area contributed by atoms with E-state index < -0.39 is 0 Å². The largest absolute Gasteiger partial charge is 0.372 e. The Hall–Kier alpha value is -3.16. The molecule has 192 valence electrons. The van der Waals surface area contributed by atoms with Crippen LogP contribution in [-0.2, 0) is 17.8 Å². The van der Waals surface area contributed by atoms with Crippen LogP contribution in [0.4, 0.5) is 11.5 Å². The van der Waals surface area contributed by atoms with Crippen LogP contribution in [0.3, 0.4) is 0 Å².